The molecule has 2 aromatic carbocycles. The highest BCUT2D eigenvalue weighted by molar-refractivity contribution is 5.40. The van der Waals surface area contributed by atoms with Crippen LogP contribution in [0.3, 0.4) is 0 Å². The number of benzene rings is 2. The summed E-state index contributed by atoms with van der Waals surface area (Å²) in [7, 11) is 0. The summed E-state index contributed by atoms with van der Waals surface area (Å²) >= 11 is 0. The first-order valence-corrected chi connectivity index (χ1v) is 10.4. The van der Waals surface area contributed by atoms with Crippen LogP contribution >= 0.6 is 0 Å². The number of ether oxygens (including phenoxy) is 1. The molecule has 4 rings (SSSR count). The van der Waals surface area contributed by atoms with E-state index in [-0.39, 0.29) is 0 Å². The molecule has 1 aromatic heterocycles. The van der Waals surface area contributed by atoms with E-state index >= 15 is 0 Å². The molecule has 30 heavy (non-hydrogen) atoms. The molecule has 5 heteroatoms. The number of anilines is 1. The smallest absolute Gasteiger partial charge is 0.128 e. The molecule has 2 heterocycles. The predicted octanol–water partition coefficient (Wildman–Crippen LogP) is 4.42. The average molecular weight is 399 g/mol. The van der Waals surface area contributed by atoms with Gasteiger partial charge in [0.25, 0.3) is 0 Å². The van der Waals surface area contributed by atoms with E-state index in [1.54, 1.807) is 6.07 Å². The number of nitriles is 1. The van der Waals surface area contributed by atoms with Crippen molar-refractivity contribution in [2.75, 3.05) is 18.0 Å². The van der Waals surface area contributed by atoms with Crippen LogP contribution in [0.2, 0.25) is 0 Å². The van der Waals surface area contributed by atoms with Crippen molar-refractivity contribution in [2.24, 2.45) is 0 Å². The van der Waals surface area contributed by atoms with Gasteiger partial charge < -0.3 is 15.0 Å². The minimum Gasteiger partial charge on any atom is -0.489 e. The largest absolute Gasteiger partial charge is 0.489 e. The van der Waals surface area contributed by atoms with Crippen LogP contribution in [0.4, 0.5) is 5.82 Å². The highest BCUT2D eigenvalue weighted by Gasteiger charge is 2.12. The molecule has 0 bridgehead atoms. The molecule has 0 spiro atoms. The summed E-state index contributed by atoms with van der Waals surface area (Å²) in [5, 5.41) is 12.5. The fourth-order valence-electron chi connectivity index (χ4n) is 3.65. The van der Waals surface area contributed by atoms with Crippen molar-refractivity contribution in [1.29, 1.82) is 5.26 Å². The van der Waals surface area contributed by atoms with Crippen molar-refractivity contribution in [2.45, 2.75) is 32.5 Å². The van der Waals surface area contributed by atoms with E-state index in [1.807, 2.05) is 36.5 Å². The molecule has 1 aliphatic rings. The summed E-state index contributed by atoms with van der Waals surface area (Å²) in [4.78, 5) is 6.96. The van der Waals surface area contributed by atoms with Crippen LogP contribution in [0.5, 0.6) is 5.75 Å². The Bertz CT molecular complexity index is 1000. The van der Waals surface area contributed by atoms with E-state index in [2.05, 4.69) is 45.5 Å². The molecule has 1 N–H and O–H groups in total. The van der Waals surface area contributed by atoms with Crippen LogP contribution in [0, 0.1) is 11.3 Å². The fourth-order valence-corrected chi connectivity index (χ4v) is 3.65. The molecule has 0 aliphatic carbocycles. The molecule has 0 unspecified atom stereocenters. The third-order valence-corrected chi connectivity index (χ3v) is 5.26. The molecule has 5 nitrogen and oxygen atoms in total. The Morgan fingerprint density at radius 2 is 1.73 bits per heavy atom. The molecule has 3 aromatic rings. The van der Waals surface area contributed by atoms with Crippen molar-refractivity contribution >= 4 is 5.82 Å². The van der Waals surface area contributed by atoms with Gasteiger partial charge in [0.05, 0.1) is 11.6 Å². The third-order valence-electron chi connectivity index (χ3n) is 5.26. The molecule has 0 amide bonds. The first-order chi connectivity index (χ1) is 14.8. The third kappa shape index (κ3) is 5.37. The van der Waals surface area contributed by atoms with Gasteiger partial charge in [-0.3, -0.25) is 0 Å². The Hall–Kier alpha value is -3.36. The van der Waals surface area contributed by atoms with Crippen molar-refractivity contribution in [1.82, 2.24) is 10.3 Å². The number of hydrogen-bond donors (Lipinski definition) is 1. The Morgan fingerprint density at radius 3 is 2.53 bits per heavy atom. The topological polar surface area (TPSA) is 61.2 Å². The van der Waals surface area contributed by atoms with Crippen molar-refractivity contribution in [3.63, 3.8) is 0 Å². The molecular formula is C25H26N4O. The van der Waals surface area contributed by atoms with Crippen LogP contribution < -0.4 is 15.0 Å². The van der Waals surface area contributed by atoms with E-state index in [0.717, 1.165) is 43.3 Å². The van der Waals surface area contributed by atoms with Gasteiger partial charge in [-0.15, -0.1) is 0 Å². The molecule has 1 aliphatic heterocycles. The Balaban J connectivity index is 1.26. The van der Waals surface area contributed by atoms with Gasteiger partial charge in [-0.25, -0.2) is 4.98 Å². The maximum atomic E-state index is 9.01. The zero-order chi connectivity index (χ0) is 20.6. The number of nitrogens with one attached hydrogen (secondary N) is 1. The first-order valence-electron chi connectivity index (χ1n) is 10.4. The maximum absolute atomic E-state index is 9.01. The van der Waals surface area contributed by atoms with Crippen molar-refractivity contribution in [3.05, 3.63) is 89.1 Å². The van der Waals surface area contributed by atoms with Gasteiger partial charge in [0.1, 0.15) is 18.2 Å². The summed E-state index contributed by atoms with van der Waals surface area (Å²) in [6.45, 7) is 4.22. The zero-order valence-corrected chi connectivity index (χ0v) is 17.1. The lowest BCUT2D eigenvalue weighted by atomic mass is 10.1. The van der Waals surface area contributed by atoms with E-state index < -0.39 is 0 Å². The SMILES string of the molecule is N#Cc1cccc(COc2cccc(CNCc3ccc(N4CCCC4)nc3)c2)c1. The molecule has 152 valence electrons. The number of rotatable bonds is 8. The summed E-state index contributed by atoms with van der Waals surface area (Å²) in [6, 6.07) is 22.0. The summed E-state index contributed by atoms with van der Waals surface area (Å²) < 4.78 is 5.91. The van der Waals surface area contributed by atoms with Gasteiger partial charge in [0.15, 0.2) is 0 Å². The maximum Gasteiger partial charge on any atom is 0.128 e. The highest BCUT2D eigenvalue weighted by atomic mass is 16.5. The summed E-state index contributed by atoms with van der Waals surface area (Å²) in [5.74, 6) is 1.91. The number of pyridine rings is 1. The molecule has 0 radical (unpaired) electrons. The van der Waals surface area contributed by atoms with Gasteiger partial charge in [-0.05, 0) is 59.9 Å². The Morgan fingerprint density at radius 1 is 0.933 bits per heavy atom. The second-order valence-electron chi connectivity index (χ2n) is 7.57. The second-order valence-corrected chi connectivity index (χ2v) is 7.57. The quantitative estimate of drug-likeness (QED) is 0.609. The molecule has 1 saturated heterocycles. The van der Waals surface area contributed by atoms with Gasteiger partial charge >= 0.3 is 0 Å². The van der Waals surface area contributed by atoms with Crippen LogP contribution in [0.15, 0.2) is 66.9 Å². The monoisotopic (exact) mass is 398 g/mol. The summed E-state index contributed by atoms with van der Waals surface area (Å²) in [6.07, 6.45) is 4.50. The number of nitrogens with zero attached hydrogens (tertiary/aromatic N) is 3. The molecule has 0 saturated carbocycles. The van der Waals surface area contributed by atoms with Gasteiger partial charge in [0.2, 0.25) is 0 Å². The lowest BCUT2D eigenvalue weighted by molar-refractivity contribution is 0.306. The lowest BCUT2D eigenvalue weighted by Crippen LogP contribution is -2.19. The first kappa shape index (κ1) is 19.9. The minimum absolute atomic E-state index is 0.446. The highest BCUT2D eigenvalue weighted by Crippen LogP contribution is 2.18. The van der Waals surface area contributed by atoms with E-state index in [1.165, 1.54) is 24.0 Å². The number of aromatic nitrogens is 1. The second kappa shape index (κ2) is 9.91. The van der Waals surface area contributed by atoms with Crippen LogP contribution in [0.25, 0.3) is 0 Å². The lowest BCUT2D eigenvalue weighted by Gasteiger charge is -2.16. The van der Waals surface area contributed by atoms with Crippen LogP contribution in [-0.4, -0.2) is 18.1 Å². The molecular weight excluding hydrogens is 372 g/mol. The normalized spacial score (nSPS) is 13.2. The van der Waals surface area contributed by atoms with Gasteiger partial charge in [-0.1, -0.05) is 30.3 Å². The molecule has 0 atom stereocenters. The van der Waals surface area contributed by atoms with E-state index in [0.29, 0.717) is 12.2 Å². The van der Waals surface area contributed by atoms with Crippen molar-refractivity contribution < 1.29 is 4.74 Å². The van der Waals surface area contributed by atoms with Crippen molar-refractivity contribution in [3.8, 4) is 11.8 Å². The average Bonchev–Trinajstić information content (AvgIpc) is 3.34. The van der Waals surface area contributed by atoms with Crippen LogP contribution in [0.1, 0.15) is 35.1 Å². The standard InChI is InChI=1S/C25H26N4O/c26-15-20-5-3-7-22(13-20)19-30-24-8-4-6-21(14-24)16-27-17-23-9-10-25(28-18-23)29-11-1-2-12-29/h3-10,13-14,18,27H,1-2,11-12,16-17,19H2. The Labute approximate surface area is 177 Å². The van der Waals surface area contributed by atoms with Gasteiger partial charge in [-0.2, -0.15) is 5.26 Å². The zero-order valence-electron chi connectivity index (χ0n) is 17.1. The van der Waals surface area contributed by atoms with Crippen LogP contribution in [-0.2, 0) is 19.7 Å². The van der Waals surface area contributed by atoms with E-state index in [4.69, 9.17) is 10.00 Å². The minimum atomic E-state index is 0.446. The predicted molar refractivity (Wildman–Crippen MR) is 118 cm³/mol. The summed E-state index contributed by atoms with van der Waals surface area (Å²) in [5.41, 5.74) is 3.99. The fraction of sp³-hybridized carbons (Fsp3) is 0.280. The molecule has 1 fully saturated rings. The van der Waals surface area contributed by atoms with E-state index in [9.17, 15) is 0 Å². The van der Waals surface area contributed by atoms with Gasteiger partial charge in [0, 0.05) is 32.4 Å². The Kier molecular flexibility index (Phi) is 6.58. The number of hydrogen-bond acceptors (Lipinski definition) is 5.